The van der Waals surface area contributed by atoms with E-state index < -0.39 is 0 Å². The number of benzene rings is 7. The van der Waals surface area contributed by atoms with Crippen molar-refractivity contribution in [3.8, 4) is 67.8 Å². The Bertz CT molecular complexity index is 2730. The molecule has 7 aromatic carbocycles. The second-order valence-corrected chi connectivity index (χ2v) is 14.1. The van der Waals surface area contributed by atoms with Crippen LogP contribution in [-0.4, -0.2) is 24.9 Å². The molecule has 5 heteroatoms. The van der Waals surface area contributed by atoms with Crippen LogP contribution in [-0.2, 0) is 5.41 Å². The van der Waals surface area contributed by atoms with E-state index in [-0.39, 0.29) is 5.41 Å². The summed E-state index contributed by atoms with van der Waals surface area (Å²) in [5.74, 6) is 2.67. The monoisotopic (exact) mass is 679 g/mol. The van der Waals surface area contributed by atoms with Crippen LogP contribution < -0.4 is 0 Å². The third-order valence-corrected chi connectivity index (χ3v) is 10.6. The molecule has 1 aliphatic rings. The number of nitrogens with zero attached hydrogens (tertiary/aromatic N) is 5. The van der Waals surface area contributed by atoms with Gasteiger partial charge in [0.2, 0.25) is 0 Å². The highest BCUT2D eigenvalue weighted by Crippen LogP contribution is 2.49. The second kappa shape index (κ2) is 12.1. The van der Waals surface area contributed by atoms with Crippen molar-refractivity contribution < 1.29 is 0 Å². The van der Waals surface area contributed by atoms with E-state index in [1.165, 1.54) is 16.7 Å². The average Bonchev–Trinajstić information content (AvgIpc) is 3.45. The minimum absolute atomic E-state index is 0.223. The zero-order valence-electron chi connectivity index (χ0n) is 29.3. The Kier molecular flexibility index (Phi) is 7.08. The normalized spacial score (nSPS) is 12.9. The van der Waals surface area contributed by atoms with Crippen molar-refractivity contribution in [2.45, 2.75) is 19.3 Å². The molecule has 0 fully saturated rings. The highest BCUT2D eigenvalue weighted by Gasteiger charge is 2.37. The van der Waals surface area contributed by atoms with Crippen molar-refractivity contribution in [1.29, 1.82) is 0 Å². The highest BCUT2D eigenvalue weighted by atomic mass is 15.0. The van der Waals surface area contributed by atoms with E-state index in [0.29, 0.717) is 17.5 Å². The lowest BCUT2D eigenvalue weighted by Crippen LogP contribution is -2.17. The third-order valence-electron chi connectivity index (χ3n) is 10.6. The summed E-state index contributed by atoms with van der Waals surface area (Å²) in [6.45, 7) is 4.53. The smallest absolute Gasteiger partial charge is 0.164 e. The molecule has 10 rings (SSSR count). The Morgan fingerprint density at radius 2 is 0.792 bits per heavy atom. The van der Waals surface area contributed by atoms with Crippen molar-refractivity contribution >= 4 is 21.5 Å². The molecule has 2 aromatic heterocycles. The first-order valence-corrected chi connectivity index (χ1v) is 17.9. The molecule has 0 saturated carbocycles. The van der Waals surface area contributed by atoms with Gasteiger partial charge in [0.25, 0.3) is 0 Å². The summed E-state index contributed by atoms with van der Waals surface area (Å²) in [5.41, 5.74) is 10.6. The lowest BCUT2D eigenvalue weighted by atomic mass is 9.85. The fourth-order valence-corrected chi connectivity index (χ4v) is 7.97. The van der Waals surface area contributed by atoms with Crippen LogP contribution in [0.4, 0.5) is 0 Å². The quantitative estimate of drug-likeness (QED) is 0.169. The van der Waals surface area contributed by atoms with Crippen LogP contribution in [0.1, 0.15) is 25.1 Å². The molecule has 53 heavy (non-hydrogen) atoms. The lowest BCUT2D eigenvalue weighted by molar-refractivity contribution is 0.636. The van der Waals surface area contributed by atoms with Crippen molar-refractivity contribution in [3.63, 3.8) is 0 Å². The Hall–Kier alpha value is -6.85. The first-order valence-electron chi connectivity index (χ1n) is 17.9. The third kappa shape index (κ3) is 5.04. The predicted octanol–water partition coefficient (Wildman–Crippen LogP) is 11.6. The van der Waals surface area contributed by atoms with Gasteiger partial charge in [0.05, 0.1) is 5.69 Å². The number of hydrogen-bond donors (Lipinski definition) is 0. The van der Waals surface area contributed by atoms with Gasteiger partial charge in [-0.3, -0.25) is 0 Å². The summed E-state index contributed by atoms with van der Waals surface area (Å²) in [6, 6.07) is 54.6. The van der Waals surface area contributed by atoms with Gasteiger partial charge in [-0.2, -0.15) is 0 Å². The van der Waals surface area contributed by atoms with Crippen molar-refractivity contribution in [2.75, 3.05) is 0 Å². The average molecular weight is 680 g/mol. The van der Waals surface area contributed by atoms with Crippen LogP contribution in [0.25, 0.3) is 89.4 Å². The van der Waals surface area contributed by atoms with Gasteiger partial charge in [-0.1, -0.05) is 172 Å². The first kappa shape index (κ1) is 30.9. The standard InChI is InChI=1S/C48H33N5/c1-48(2)40-24-14-13-19-34(40)39-29-49-47(50-43(39)48)42-37-22-11-9-20-35(37)41(36-21-10-12-23-38(36)42)30-25-27-33(28-26-30)46-52-44(31-15-5-3-6-16-31)51-45(53-46)32-17-7-4-8-18-32/h3-29H,1-2H3. The molecular weight excluding hydrogens is 647 g/mol. The SMILES string of the molecule is CC1(C)c2ccccc2-c2cnc(-c3c4ccccc4c(-c4ccc(-c5nc(-c6ccccc6)nc(-c6ccccc6)n5)cc4)c4ccccc34)nc21. The van der Waals surface area contributed by atoms with Gasteiger partial charge >= 0.3 is 0 Å². The molecule has 0 aliphatic heterocycles. The summed E-state index contributed by atoms with van der Waals surface area (Å²) in [5, 5.41) is 4.55. The molecule has 9 aromatic rings. The van der Waals surface area contributed by atoms with E-state index in [1.54, 1.807) is 0 Å². The molecule has 0 spiro atoms. The number of rotatable bonds is 5. The van der Waals surface area contributed by atoms with Gasteiger partial charge in [-0.15, -0.1) is 0 Å². The molecule has 1 aliphatic carbocycles. The van der Waals surface area contributed by atoms with E-state index in [4.69, 9.17) is 24.9 Å². The highest BCUT2D eigenvalue weighted by molar-refractivity contribution is 6.20. The number of fused-ring (bicyclic) bond motifs is 5. The molecule has 0 radical (unpaired) electrons. The van der Waals surface area contributed by atoms with Gasteiger partial charge in [0, 0.05) is 39.4 Å². The molecule has 0 amide bonds. The molecule has 0 saturated heterocycles. The van der Waals surface area contributed by atoms with Crippen LogP contribution in [0.2, 0.25) is 0 Å². The maximum atomic E-state index is 5.37. The zero-order valence-corrected chi connectivity index (χ0v) is 29.3. The van der Waals surface area contributed by atoms with E-state index in [1.807, 2.05) is 66.9 Å². The maximum Gasteiger partial charge on any atom is 0.164 e. The summed E-state index contributed by atoms with van der Waals surface area (Å²) >= 11 is 0. The van der Waals surface area contributed by atoms with Crippen LogP contribution in [0.15, 0.2) is 164 Å². The molecule has 250 valence electrons. The van der Waals surface area contributed by atoms with Crippen LogP contribution in [0, 0.1) is 0 Å². The van der Waals surface area contributed by atoms with E-state index in [2.05, 4.69) is 111 Å². The van der Waals surface area contributed by atoms with Crippen molar-refractivity contribution in [1.82, 2.24) is 24.9 Å². The molecule has 5 nitrogen and oxygen atoms in total. The Morgan fingerprint density at radius 3 is 1.34 bits per heavy atom. The van der Waals surface area contributed by atoms with Crippen LogP contribution in [0.5, 0.6) is 0 Å². The minimum atomic E-state index is -0.223. The van der Waals surface area contributed by atoms with E-state index >= 15 is 0 Å². The first-order chi connectivity index (χ1) is 26.0. The maximum absolute atomic E-state index is 5.37. The van der Waals surface area contributed by atoms with Gasteiger partial charge in [-0.25, -0.2) is 24.9 Å². The summed E-state index contributed by atoms with van der Waals surface area (Å²) in [7, 11) is 0. The second-order valence-electron chi connectivity index (χ2n) is 14.1. The van der Waals surface area contributed by atoms with Crippen LogP contribution in [0.3, 0.4) is 0 Å². The summed E-state index contributed by atoms with van der Waals surface area (Å²) in [4.78, 5) is 25.2. The molecule has 0 N–H and O–H groups in total. The number of aromatic nitrogens is 5. The molecule has 0 unspecified atom stereocenters. The Labute approximate surface area is 307 Å². The van der Waals surface area contributed by atoms with Crippen molar-refractivity contribution in [3.05, 3.63) is 175 Å². The summed E-state index contributed by atoms with van der Waals surface area (Å²) in [6.07, 6.45) is 2.02. The lowest BCUT2D eigenvalue weighted by Gasteiger charge is -2.21. The minimum Gasteiger partial charge on any atom is -0.236 e. The van der Waals surface area contributed by atoms with Gasteiger partial charge < -0.3 is 0 Å². The largest absolute Gasteiger partial charge is 0.236 e. The molecular formula is C48H33N5. The molecule has 0 bridgehead atoms. The van der Waals surface area contributed by atoms with E-state index in [0.717, 1.165) is 66.4 Å². The topological polar surface area (TPSA) is 64.5 Å². The Balaban J connectivity index is 1.12. The zero-order chi connectivity index (χ0) is 35.5. The van der Waals surface area contributed by atoms with Gasteiger partial charge in [-0.05, 0) is 43.8 Å². The van der Waals surface area contributed by atoms with Gasteiger partial charge in [0.15, 0.2) is 23.3 Å². The van der Waals surface area contributed by atoms with E-state index in [9.17, 15) is 0 Å². The molecule has 2 heterocycles. The summed E-state index contributed by atoms with van der Waals surface area (Å²) < 4.78 is 0. The predicted molar refractivity (Wildman–Crippen MR) is 215 cm³/mol. The molecule has 0 atom stereocenters. The van der Waals surface area contributed by atoms with Gasteiger partial charge in [0.1, 0.15) is 0 Å². The fourth-order valence-electron chi connectivity index (χ4n) is 7.97. The Morgan fingerprint density at radius 1 is 0.358 bits per heavy atom. The fraction of sp³-hybridized carbons (Fsp3) is 0.0625. The van der Waals surface area contributed by atoms with Crippen LogP contribution >= 0.6 is 0 Å². The van der Waals surface area contributed by atoms with Crippen molar-refractivity contribution in [2.24, 2.45) is 0 Å². The number of hydrogen-bond acceptors (Lipinski definition) is 5.